The number of pyridine rings is 1. The smallest absolute Gasteiger partial charge is 0.182 e. The molecule has 0 aromatic carbocycles. The van der Waals surface area contributed by atoms with E-state index in [-0.39, 0.29) is 5.78 Å². The Morgan fingerprint density at radius 3 is 3.05 bits per heavy atom. The Morgan fingerprint density at radius 2 is 2.37 bits per heavy atom. The van der Waals surface area contributed by atoms with E-state index in [0.29, 0.717) is 12.1 Å². The molecule has 3 nitrogen and oxygen atoms in total. The molecule has 0 saturated carbocycles. The molecular weight excluding hydrogens is 243 g/mol. The van der Waals surface area contributed by atoms with Gasteiger partial charge in [-0.25, -0.2) is 4.39 Å². The summed E-state index contributed by atoms with van der Waals surface area (Å²) < 4.78 is 12.7. The molecule has 1 atom stereocenters. The van der Waals surface area contributed by atoms with Crippen LogP contribution in [0.5, 0.6) is 0 Å². The summed E-state index contributed by atoms with van der Waals surface area (Å²) in [6.07, 6.45) is 5.31. The van der Waals surface area contributed by atoms with E-state index in [9.17, 15) is 9.18 Å². The van der Waals surface area contributed by atoms with Crippen LogP contribution < -0.4 is 0 Å². The van der Waals surface area contributed by atoms with Gasteiger partial charge in [0.05, 0.1) is 6.20 Å². The van der Waals surface area contributed by atoms with Crippen molar-refractivity contribution < 1.29 is 9.18 Å². The predicted molar refractivity (Wildman–Crippen MR) is 72.6 cm³/mol. The maximum Gasteiger partial charge on any atom is 0.182 e. The third kappa shape index (κ3) is 4.10. The molecule has 1 aliphatic heterocycles. The van der Waals surface area contributed by atoms with E-state index in [1.54, 1.807) is 0 Å². The molecule has 0 radical (unpaired) electrons. The van der Waals surface area contributed by atoms with Crippen LogP contribution in [0.1, 0.15) is 43.1 Å². The third-order valence-electron chi connectivity index (χ3n) is 3.85. The van der Waals surface area contributed by atoms with Crippen molar-refractivity contribution in [3.63, 3.8) is 0 Å². The third-order valence-corrected chi connectivity index (χ3v) is 3.85. The second kappa shape index (κ2) is 6.75. The second-order valence-electron chi connectivity index (χ2n) is 5.25. The maximum atomic E-state index is 12.7. The van der Waals surface area contributed by atoms with Crippen molar-refractivity contribution in [2.75, 3.05) is 19.6 Å². The van der Waals surface area contributed by atoms with Gasteiger partial charge in [0.15, 0.2) is 5.78 Å². The lowest BCUT2D eigenvalue weighted by Crippen LogP contribution is -2.36. The molecule has 2 rings (SSSR count). The van der Waals surface area contributed by atoms with Crippen molar-refractivity contribution in [3.05, 3.63) is 29.8 Å². The molecular formula is C15H21FN2O. The summed E-state index contributed by atoms with van der Waals surface area (Å²) in [5.41, 5.74) is 0.366. The van der Waals surface area contributed by atoms with Crippen LogP contribution in [0.2, 0.25) is 0 Å². The first-order valence-electron chi connectivity index (χ1n) is 7.06. The number of carbonyl (C=O) groups is 1. The molecule has 1 unspecified atom stereocenters. The van der Waals surface area contributed by atoms with Crippen molar-refractivity contribution in [2.24, 2.45) is 5.92 Å². The molecule has 0 bridgehead atoms. The first-order valence-corrected chi connectivity index (χ1v) is 7.06. The summed E-state index contributed by atoms with van der Waals surface area (Å²) in [6.45, 7) is 5.19. The number of rotatable bonds is 5. The highest BCUT2D eigenvalue weighted by Gasteiger charge is 2.19. The standard InChI is InChI=1S/C15H21FN2O/c1-2-12-4-3-8-18(11-12)9-7-15(19)14-6-5-13(16)10-17-14/h5-6,10,12H,2-4,7-9,11H2,1H3. The van der Waals surface area contributed by atoms with Crippen molar-refractivity contribution >= 4 is 5.78 Å². The molecule has 1 saturated heterocycles. The zero-order valence-electron chi connectivity index (χ0n) is 11.4. The minimum absolute atomic E-state index is 0.00128. The highest BCUT2D eigenvalue weighted by Crippen LogP contribution is 2.19. The topological polar surface area (TPSA) is 33.2 Å². The predicted octanol–water partition coefficient (Wildman–Crippen LogP) is 2.92. The van der Waals surface area contributed by atoms with Crippen molar-refractivity contribution in [1.82, 2.24) is 9.88 Å². The highest BCUT2D eigenvalue weighted by molar-refractivity contribution is 5.94. The maximum absolute atomic E-state index is 12.7. The van der Waals surface area contributed by atoms with E-state index in [2.05, 4.69) is 16.8 Å². The van der Waals surface area contributed by atoms with Crippen LogP contribution in [0.15, 0.2) is 18.3 Å². The number of aromatic nitrogens is 1. The van der Waals surface area contributed by atoms with E-state index in [1.165, 1.54) is 31.4 Å². The number of hydrogen-bond acceptors (Lipinski definition) is 3. The number of nitrogens with zero attached hydrogens (tertiary/aromatic N) is 2. The van der Waals surface area contributed by atoms with Crippen LogP contribution in [0, 0.1) is 11.7 Å². The van der Waals surface area contributed by atoms with Crippen LogP contribution in [0.25, 0.3) is 0 Å². The van der Waals surface area contributed by atoms with Crippen LogP contribution >= 0.6 is 0 Å². The first-order chi connectivity index (χ1) is 9.19. The summed E-state index contributed by atoms with van der Waals surface area (Å²) in [6, 6.07) is 2.75. The Labute approximate surface area is 113 Å². The molecule has 104 valence electrons. The number of Topliss-reactive ketones (excluding diaryl/α,β-unsaturated/α-hetero) is 1. The largest absolute Gasteiger partial charge is 0.303 e. The Hall–Kier alpha value is -1.29. The monoisotopic (exact) mass is 264 g/mol. The number of likely N-dealkylation sites (tertiary alicyclic amines) is 1. The fourth-order valence-corrected chi connectivity index (χ4v) is 2.62. The van der Waals surface area contributed by atoms with Crippen LogP contribution in [0.3, 0.4) is 0 Å². The molecule has 0 spiro atoms. The highest BCUT2D eigenvalue weighted by atomic mass is 19.1. The van der Waals surface area contributed by atoms with E-state index in [1.807, 2.05) is 0 Å². The van der Waals surface area contributed by atoms with Gasteiger partial charge in [0.25, 0.3) is 0 Å². The van der Waals surface area contributed by atoms with Gasteiger partial charge in [-0.3, -0.25) is 9.78 Å². The van der Waals surface area contributed by atoms with Gasteiger partial charge in [-0.15, -0.1) is 0 Å². The fourth-order valence-electron chi connectivity index (χ4n) is 2.62. The number of carbonyl (C=O) groups excluding carboxylic acids is 1. The van der Waals surface area contributed by atoms with Crippen molar-refractivity contribution in [2.45, 2.75) is 32.6 Å². The second-order valence-corrected chi connectivity index (χ2v) is 5.25. The number of piperidine rings is 1. The normalized spacial score (nSPS) is 20.4. The van der Waals surface area contributed by atoms with Gasteiger partial charge in [-0.1, -0.05) is 13.3 Å². The average Bonchev–Trinajstić information content (AvgIpc) is 2.46. The van der Waals surface area contributed by atoms with E-state index < -0.39 is 5.82 Å². The summed E-state index contributed by atoms with van der Waals surface area (Å²) in [7, 11) is 0. The lowest BCUT2D eigenvalue weighted by atomic mass is 9.95. The minimum Gasteiger partial charge on any atom is -0.303 e. The zero-order valence-corrected chi connectivity index (χ0v) is 11.4. The van der Waals surface area contributed by atoms with Gasteiger partial charge in [-0.05, 0) is 37.4 Å². The van der Waals surface area contributed by atoms with Gasteiger partial charge in [-0.2, -0.15) is 0 Å². The Bertz CT molecular complexity index is 419. The van der Waals surface area contributed by atoms with Crippen molar-refractivity contribution in [3.8, 4) is 0 Å². The Morgan fingerprint density at radius 1 is 1.53 bits per heavy atom. The van der Waals surface area contributed by atoms with E-state index in [4.69, 9.17) is 0 Å². The van der Waals surface area contributed by atoms with Crippen LogP contribution in [0.4, 0.5) is 4.39 Å². The fraction of sp³-hybridized carbons (Fsp3) is 0.600. The zero-order chi connectivity index (χ0) is 13.7. The number of ketones is 1. The molecule has 1 fully saturated rings. The lowest BCUT2D eigenvalue weighted by molar-refractivity contribution is 0.0940. The molecule has 19 heavy (non-hydrogen) atoms. The summed E-state index contributed by atoms with van der Waals surface area (Å²) >= 11 is 0. The summed E-state index contributed by atoms with van der Waals surface area (Å²) in [5, 5.41) is 0. The van der Waals surface area contributed by atoms with E-state index in [0.717, 1.165) is 31.7 Å². The number of hydrogen-bond donors (Lipinski definition) is 0. The average molecular weight is 264 g/mol. The van der Waals surface area contributed by atoms with Gasteiger partial charge in [0, 0.05) is 19.5 Å². The van der Waals surface area contributed by atoms with Gasteiger partial charge < -0.3 is 4.90 Å². The lowest BCUT2D eigenvalue weighted by Gasteiger charge is -2.31. The summed E-state index contributed by atoms with van der Waals surface area (Å²) in [4.78, 5) is 18.1. The minimum atomic E-state index is -0.404. The van der Waals surface area contributed by atoms with Gasteiger partial charge in [0.2, 0.25) is 0 Å². The Balaban J connectivity index is 1.81. The summed E-state index contributed by atoms with van der Waals surface area (Å²) in [5.74, 6) is 0.366. The van der Waals surface area contributed by atoms with Crippen molar-refractivity contribution in [1.29, 1.82) is 0 Å². The van der Waals surface area contributed by atoms with Crippen LogP contribution in [-0.4, -0.2) is 35.3 Å². The number of halogens is 1. The van der Waals surface area contributed by atoms with Gasteiger partial charge >= 0.3 is 0 Å². The van der Waals surface area contributed by atoms with Gasteiger partial charge in [0.1, 0.15) is 11.5 Å². The molecule has 2 heterocycles. The molecule has 0 amide bonds. The van der Waals surface area contributed by atoms with E-state index >= 15 is 0 Å². The SMILES string of the molecule is CCC1CCCN(CCC(=O)c2ccc(F)cn2)C1. The molecule has 1 aromatic heterocycles. The van der Waals surface area contributed by atoms with Crippen LogP contribution in [-0.2, 0) is 0 Å². The molecule has 4 heteroatoms. The molecule has 1 aliphatic rings. The Kier molecular flexibility index (Phi) is 5.02. The molecule has 0 N–H and O–H groups in total. The molecule has 0 aliphatic carbocycles. The first kappa shape index (κ1) is 14.1. The molecule has 1 aromatic rings. The quantitative estimate of drug-likeness (QED) is 0.767.